The zero-order valence-electron chi connectivity index (χ0n) is 19.8. The van der Waals surface area contributed by atoms with E-state index < -0.39 is 0 Å². The Hall–Kier alpha value is -3.68. The monoisotopic (exact) mass is 452 g/mol. The van der Waals surface area contributed by atoms with Crippen LogP contribution < -0.4 is 20.3 Å². The van der Waals surface area contributed by atoms with Crippen LogP contribution in [0.25, 0.3) is 0 Å². The lowest BCUT2D eigenvalue weighted by molar-refractivity contribution is 0.0946. The van der Waals surface area contributed by atoms with E-state index in [4.69, 9.17) is 9.47 Å². The van der Waals surface area contributed by atoms with Crippen LogP contribution in [-0.4, -0.2) is 37.0 Å². The second-order valence-electron chi connectivity index (χ2n) is 8.35. The molecule has 0 aliphatic carbocycles. The smallest absolute Gasteiger partial charge is 0.271 e. The second-order valence-corrected chi connectivity index (χ2v) is 8.35. The molecule has 0 aliphatic heterocycles. The first-order valence-corrected chi connectivity index (χ1v) is 10.9. The maximum Gasteiger partial charge on any atom is 0.271 e. The first kappa shape index (κ1) is 25.6. The molecule has 8 heteroatoms. The molecule has 0 bridgehead atoms. The molecule has 0 aromatic heterocycles. The molecular formula is C25H32N4O4. The normalized spacial score (nSPS) is 11.7. The standard InChI is InChI=1S/C25H32N4O4/c1-17(2)15-32-22-10-6-20(7-11-22)24(30)28-26-14-19(5)27-29-25(31)21-8-12-23(13-9-21)33-16-18(3)4/h6-14,17-18H,15-16H2,1-5H3,(H,28,30)(H,29,31). The molecule has 2 aromatic rings. The second kappa shape index (κ2) is 13.0. The van der Waals surface area contributed by atoms with Gasteiger partial charge in [0.15, 0.2) is 0 Å². The molecule has 0 saturated carbocycles. The Morgan fingerprint density at radius 2 is 1.21 bits per heavy atom. The summed E-state index contributed by atoms with van der Waals surface area (Å²) in [5.74, 6) is 1.54. The van der Waals surface area contributed by atoms with Crippen molar-refractivity contribution in [3.8, 4) is 11.5 Å². The number of benzene rings is 2. The van der Waals surface area contributed by atoms with Gasteiger partial charge in [0.25, 0.3) is 11.8 Å². The Kier molecular flexibility index (Phi) is 10.1. The van der Waals surface area contributed by atoms with Crippen molar-refractivity contribution in [3.05, 3.63) is 59.7 Å². The van der Waals surface area contributed by atoms with Crippen molar-refractivity contribution in [2.75, 3.05) is 13.2 Å². The number of nitrogens with zero attached hydrogens (tertiary/aromatic N) is 2. The van der Waals surface area contributed by atoms with E-state index in [0.717, 1.165) is 0 Å². The zero-order chi connectivity index (χ0) is 24.2. The van der Waals surface area contributed by atoms with Gasteiger partial charge in [-0.1, -0.05) is 27.7 Å². The number of carbonyl (C=O) groups is 2. The summed E-state index contributed by atoms with van der Waals surface area (Å²) in [4.78, 5) is 24.4. The molecule has 0 saturated heterocycles. The third-order valence-corrected chi connectivity index (χ3v) is 4.15. The predicted molar refractivity (Wildman–Crippen MR) is 130 cm³/mol. The summed E-state index contributed by atoms with van der Waals surface area (Å²) in [7, 11) is 0. The van der Waals surface area contributed by atoms with Crippen molar-refractivity contribution in [2.24, 2.45) is 22.0 Å². The predicted octanol–water partition coefficient (Wildman–Crippen LogP) is 4.28. The summed E-state index contributed by atoms with van der Waals surface area (Å²) >= 11 is 0. The Balaban J connectivity index is 1.81. The van der Waals surface area contributed by atoms with E-state index in [2.05, 4.69) is 48.7 Å². The highest BCUT2D eigenvalue weighted by molar-refractivity contribution is 6.29. The molecule has 2 aromatic carbocycles. The van der Waals surface area contributed by atoms with Gasteiger partial charge >= 0.3 is 0 Å². The first-order chi connectivity index (χ1) is 15.7. The fraction of sp³-hybridized carbons (Fsp3) is 0.360. The van der Waals surface area contributed by atoms with E-state index >= 15 is 0 Å². The third kappa shape index (κ3) is 9.55. The lowest BCUT2D eigenvalue weighted by atomic mass is 10.2. The van der Waals surface area contributed by atoms with Crippen LogP contribution >= 0.6 is 0 Å². The number of nitrogens with one attached hydrogen (secondary N) is 2. The lowest BCUT2D eigenvalue weighted by Gasteiger charge is -2.09. The van der Waals surface area contributed by atoms with Gasteiger partial charge in [-0.15, -0.1) is 0 Å². The Morgan fingerprint density at radius 3 is 1.64 bits per heavy atom. The highest BCUT2D eigenvalue weighted by atomic mass is 16.5. The van der Waals surface area contributed by atoms with E-state index in [9.17, 15) is 9.59 Å². The molecule has 2 N–H and O–H groups in total. The molecule has 2 amide bonds. The minimum absolute atomic E-state index is 0.359. The van der Waals surface area contributed by atoms with E-state index in [0.29, 0.717) is 53.4 Å². The molecule has 0 heterocycles. The number of carbonyl (C=O) groups excluding carboxylic acids is 2. The van der Waals surface area contributed by atoms with Crippen molar-refractivity contribution in [2.45, 2.75) is 34.6 Å². The van der Waals surface area contributed by atoms with Crippen LogP contribution in [0.2, 0.25) is 0 Å². The molecule has 0 atom stereocenters. The summed E-state index contributed by atoms with van der Waals surface area (Å²) in [6.45, 7) is 11.2. The van der Waals surface area contributed by atoms with E-state index in [1.165, 1.54) is 6.21 Å². The Labute approximate surface area is 195 Å². The van der Waals surface area contributed by atoms with Gasteiger partial charge in [0, 0.05) is 11.1 Å². The van der Waals surface area contributed by atoms with Gasteiger partial charge in [-0.25, -0.2) is 10.9 Å². The number of hydrogen-bond donors (Lipinski definition) is 2. The van der Waals surface area contributed by atoms with Crippen molar-refractivity contribution in [3.63, 3.8) is 0 Å². The van der Waals surface area contributed by atoms with Crippen molar-refractivity contribution in [1.82, 2.24) is 10.9 Å². The third-order valence-electron chi connectivity index (χ3n) is 4.15. The first-order valence-electron chi connectivity index (χ1n) is 10.9. The molecular weight excluding hydrogens is 420 g/mol. The largest absolute Gasteiger partial charge is 0.493 e. The lowest BCUT2D eigenvalue weighted by Crippen LogP contribution is -2.21. The maximum absolute atomic E-state index is 12.2. The maximum atomic E-state index is 12.2. The minimum Gasteiger partial charge on any atom is -0.493 e. The van der Waals surface area contributed by atoms with Crippen molar-refractivity contribution in [1.29, 1.82) is 0 Å². The molecule has 2 rings (SSSR count). The SMILES string of the molecule is CC(C=NNC(=O)c1ccc(OCC(C)C)cc1)=NNC(=O)c1ccc(OCC(C)C)cc1. The summed E-state index contributed by atoms with van der Waals surface area (Å²) < 4.78 is 11.2. The fourth-order valence-corrected chi connectivity index (χ4v) is 2.41. The average Bonchev–Trinajstić information content (AvgIpc) is 2.80. The van der Waals surface area contributed by atoms with Crippen LogP contribution in [0.15, 0.2) is 58.7 Å². The van der Waals surface area contributed by atoms with Gasteiger partial charge < -0.3 is 9.47 Å². The van der Waals surface area contributed by atoms with Crippen molar-refractivity contribution < 1.29 is 19.1 Å². The highest BCUT2D eigenvalue weighted by Crippen LogP contribution is 2.14. The zero-order valence-corrected chi connectivity index (χ0v) is 19.8. The molecule has 176 valence electrons. The number of ether oxygens (including phenoxy) is 2. The molecule has 0 spiro atoms. The van der Waals surface area contributed by atoms with E-state index in [1.807, 2.05) is 0 Å². The van der Waals surface area contributed by atoms with Crippen LogP contribution in [0.4, 0.5) is 0 Å². The molecule has 0 unspecified atom stereocenters. The number of hydrogen-bond acceptors (Lipinski definition) is 6. The highest BCUT2D eigenvalue weighted by Gasteiger charge is 2.06. The summed E-state index contributed by atoms with van der Waals surface area (Å²) in [6.07, 6.45) is 1.35. The molecule has 0 fully saturated rings. The van der Waals surface area contributed by atoms with E-state index in [-0.39, 0.29) is 11.8 Å². The molecule has 33 heavy (non-hydrogen) atoms. The minimum atomic E-state index is -0.363. The van der Waals surface area contributed by atoms with Crippen molar-refractivity contribution >= 4 is 23.7 Å². The van der Waals surface area contributed by atoms with Gasteiger partial charge in [0.05, 0.1) is 25.1 Å². The summed E-state index contributed by atoms with van der Waals surface area (Å²) in [5, 5.41) is 7.84. The van der Waals surface area contributed by atoms with Crippen LogP contribution in [0.5, 0.6) is 11.5 Å². The van der Waals surface area contributed by atoms with Gasteiger partial charge in [-0.3, -0.25) is 9.59 Å². The average molecular weight is 453 g/mol. The molecule has 0 aliphatic rings. The molecule has 8 nitrogen and oxygen atoms in total. The number of amides is 2. The summed E-state index contributed by atoms with van der Waals surface area (Å²) in [5.41, 5.74) is 6.20. The molecule has 0 radical (unpaired) electrons. The fourth-order valence-electron chi connectivity index (χ4n) is 2.41. The Morgan fingerprint density at radius 1 is 0.788 bits per heavy atom. The van der Waals surface area contributed by atoms with Crippen LogP contribution in [-0.2, 0) is 0 Å². The number of rotatable bonds is 11. The number of hydrazone groups is 2. The topological polar surface area (TPSA) is 101 Å². The van der Waals surface area contributed by atoms with Crippen LogP contribution in [0.3, 0.4) is 0 Å². The van der Waals surface area contributed by atoms with Crippen LogP contribution in [0, 0.1) is 11.8 Å². The van der Waals surface area contributed by atoms with Gasteiger partial charge in [-0.05, 0) is 67.3 Å². The Bertz CT molecular complexity index is 965. The van der Waals surface area contributed by atoms with Gasteiger partial charge in [-0.2, -0.15) is 10.2 Å². The summed E-state index contributed by atoms with van der Waals surface area (Å²) in [6, 6.07) is 13.6. The van der Waals surface area contributed by atoms with Gasteiger partial charge in [0.1, 0.15) is 11.5 Å². The van der Waals surface area contributed by atoms with Crippen LogP contribution in [0.1, 0.15) is 55.3 Å². The van der Waals surface area contributed by atoms with Gasteiger partial charge in [0.2, 0.25) is 0 Å². The quantitative estimate of drug-likeness (QED) is 0.392. The van der Waals surface area contributed by atoms with E-state index in [1.54, 1.807) is 55.5 Å².